The topological polar surface area (TPSA) is 89.5 Å². The number of hydrogen-bond donors (Lipinski definition) is 1. The number of fused-ring (bicyclic) bond motifs is 1. The van der Waals surface area contributed by atoms with Crippen molar-refractivity contribution in [2.75, 3.05) is 0 Å². The van der Waals surface area contributed by atoms with Gasteiger partial charge in [0.1, 0.15) is 12.1 Å². The first kappa shape index (κ1) is 9.64. The summed E-state index contributed by atoms with van der Waals surface area (Å²) in [6.07, 6.45) is 8.03. The molecule has 84 valence electrons. The fourth-order valence-corrected chi connectivity index (χ4v) is 1.33. The van der Waals surface area contributed by atoms with Gasteiger partial charge in [-0.2, -0.15) is 4.98 Å². The van der Waals surface area contributed by atoms with Crippen molar-refractivity contribution in [2.24, 2.45) is 0 Å². The summed E-state index contributed by atoms with van der Waals surface area (Å²) in [7, 11) is 0. The Morgan fingerprint density at radius 1 is 1.12 bits per heavy atom. The lowest BCUT2D eigenvalue weighted by molar-refractivity contribution is 0.277. The molecule has 3 heterocycles. The van der Waals surface area contributed by atoms with Crippen LogP contribution in [0.25, 0.3) is 11.2 Å². The zero-order valence-electron chi connectivity index (χ0n) is 8.74. The highest BCUT2D eigenvalue weighted by molar-refractivity contribution is 5.68. The first-order valence-electron chi connectivity index (χ1n) is 4.95. The third-order valence-electron chi connectivity index (χ3n) is 2.12. The number of rotatable bonds is 3. The van der Waals surface area contributed by atoms with E-state index in [0.29, 0.717) is 5.65 Å². The summed E-state index contributed by atoms with van der Waals surface area (Å²) in [5.41, 5.74) is 2.07. The van der Waals surface area contributed by atoms with Crippen LogP contribution >= 0.6 is 0 Å². The van der Waals surface area contributed by atoms with Crippen LogP contribution in [0.3, 0.4) is 0 Å². The second-order valence-corrected chi connectivity index (χ2v) is 3.28. The standard InChI is InChI=1S/C10H8N6O/c1-2-12-7(3-11-1)5-17-10-13-4-8-9(16-10)15-6-14-8/h1-4,6H,5H2,(H,13,14,15,16). The average Bonchev–Trinajstić information content (AvgIpc) is 2.85. The van der Waals surface area contributed by atoms with Crippen LogP contribution in [0.5, 0.6) is 6.01 Å². The molecule has 3 rings (SSSR count). The van der Waals surface area contributed by atoms with E-state index in [0.717, 1.165) is 11.2 Å². The van der Waals surface area contributed by atoms with Crippen molar-refractivity contribution >= 4 is 11.2 Å². The molecular formula is C10H8N6O. The van der Waals surface area contributed by atoms with Crippen LogP contribution in [0, 0.1) is 0 Å². The summed E-state index contributed by atoms with van der Waals surface area (Å²) in [5, 5.41) is 0. The molecule has 0 atom stereocenters. The molecule has 0 radical (unpaired) electrons. The number of H-pyrrole nitrogens is 1. The number of nitrogens with zero attached hydrogens (tertiary/aromatic N) is 5. The van der Waals surface area contributed by atoms with E-state index in [4.69, 9.17) is 4.74 Å². The number of imidazole rings is 1. The van der Waals surface area contributed by atoms with E-state index in [2.05, 4.69) is 29.9 Å². The van der Waals surface area contributed by atoms with E-state index in [1.54, 1.807) is 31.1 Å². The van der Waals surface area contributed by atoms with Gasteiger partial charge < -0.3 is 9.72 Å². The maximum atomic E-state index is 5.39. The third-order valence-corrected chi connectivity index (χ3v) is 2.12. The second kappa shape index (κ2) is 4.12. The van der Waals surface area contributed by atoms with Gasteiger partial charge in [0.15, 0.2) is 5.65 Å². The van der Waals surface area contributed by atoms with Crippen molar-refractivity contribution < 1.29 is 4.74 Å². The quantitative estimate of drug-likeness (QED) is 0.710. The third kappa shape index (κ3) is 2.03. The van der Waals surface area contributed by atoms with Gasteiger partial charge in [-0.3, -0.25) is 9.97 Å². The fraction of sp³-hybridized carbons (Fsp3) is 0.100. The van der Waals surface area contributed by atoms with Gasteiger partial charge in [0.05, 0.1) is 24.4 Å². The molecule has 0 saturated heterocycles. The Balaban J connectivity index is 1.76. The highest BCUT2D eigenvalue weighted by atomic mass is 16.5. The zero-order valence-corrected chi connectivity index (χ0v) is 8.74. The Bertz CT molecular complexity index is 623. The molecule has 0 unspecified atom stereocenters. The Hall–Kier alpha value is -2.57. The Morgan fingerprint density at radius 2 is 2.12 bits per heavy atom. The average molecular weight is 228 g/mol. The SMILES string of the molecule is c1cnc(COc2ncc3[nH]cnc3n2)cn1. The van der Waals surface area contributed by atoms with Gasteiger partial charge in [0, 0.05) is 12.4 Å². The molecule has 0 aliphatic rings. The van der Waals surface area contributed by atoms with Crippen LogP contribution in [-0.2, 0) is 6.61 Å². The fourth-order valence-electron chi connectivity index (χ4n) is 1.33. The summed E-state index contributed by atoms with van der Waals surface area (Å²) in [6.45, 7) is 0.282. The first-order valence-corrected chi connectivity index (χ1v) is 4.95. The Morgan fingerprint density at radius 3 is 3.00 bits per heavy atom. The van der Waals surface area contributed by atoms with Crippen molar-refractivity contribution in [3.05, 3.63) is 36.8 Å². The predicted molar refractivity (Wildman–Crippen MR) is 58.0 cm³/mol. The lowest BCUT2D eigenvalue weighted by atomic mass is 10.5. The second-order valence-electron chi connectivity index (χ2n) is 3.28. The maximum Gasteiger partial charge on any atom is 0.318 e. The molecule has 7 heteroatoms. The van der Waals surface area contributed by atoms with Crippen LogP contribution in [0.15, 0.2) is 31.1 Å². The minimum atomic E-state index is 0.273. The molecule has 0 fully saturated rings. The lowest BCUT2D eigenvalue weighted by Gasteiger charge is -2.02. The van der Waals surface area contributed by atoms with Gasteiger partial charge in [-0.1, -0.05) is 0 Å². The minimum absolute atomic E-state index is 0.273. The molecule has 0 amide bonds. The van der Waals surface area contributed by atoms with Gasteiger partial charge in [-0.15, -0.1) is 0 Å². The van der Waals surface area contributed by atoms with Crippen LogP contribution in [0.4, 0.5) is 0 Å². The molecule has 0 bridgehead atoms. The van der Waals surface area contributed by atoms with E-state index in [1.807, 2.05) is 0 Å². The van der Waals surface area contributed by atoms with Crippen LogP contribution in [-0.4, -0.2) is 29.9 Å². The van der Waals surface area contributed by atoms with Crippen LogP contribution < -0.4 is 4.74 Å². The molecule has 1 N–H and O–H groups in total. The molecule has 3 aromatic rings. The molecule has 3 aromatic heterocycles. The molecule has 0 saturated carbocycles. The van der Waals surface area contributed by atoms with E-state index in [1.165, 1.54) is 0 Å². The molecule has 0 aliphatic heterocycles. The highest BCUT2D eigenvalue weighted by Gasteiger charge is 2.03. The molecule has 0 aromatic carbocycles. The highest BCUT2D eigenvalue weighted by Crippen LogP contribution is 2.09. The van der Waals surface area contributed by atoms with Crippen molar-refractivity contribution in [3.8, 4) is 6.01 Å². The number of aromatic amines is 1. The van der Waals surface area contributed by atoms with E-state index in [9.17, 15) is 0 Å². The maximum absolute atomic E-state index is 5.39. The summed E-state index contributed by atoms with van der Waals surface area (Å²) >= 11 is 0. The van der Waals surface area contributed by atoms with E-state index >= 15 is 0 Å². The van der Waals surface area contributed by atoms with Gasteiger partial charge in [-0.25, -0.2) is 9.97 Å². The predicted octanol–water partition coefficient (Wildman–Crippen LogP) is 0.722. The van der Waals surface area contributed by atoms with E-state index < -0.39 is 0 Å². The molecule has 17 heavy (non-hydrogen) atoms. The van der Waals surface area contributed by atoms with Crippen molar-refractivity contribution in [1.82, 2.24) is 29.9 Å². The number of ether oxygens (including phenoxy) is 1. The zero-order chi connectivity index (χ0) is 11.5. The largest absolute Gasteiger partial charge is 0.457 e. The Kier molecular flexibility index (Phi) is 2.34. The number of aromatic nitrogens is 6. The van der Waals surface area contributed by atoms with Gasteiger partial charge in [0.2, 0.25) is 0 Å². The van der Waals surface area contributed by atoms with Gasteiger partial charge in [-0.05, 0) is 0 Å². The van der Waals surface area contributed by atoms with Crippen LogP contribution in [0.2, 0.25) is 0 Å². The monoisotopic (exact) mass is 228 g/mol. The summed E-state index contributed by atoms with van der Waals surface area (Å²) < 4.78 is 5.39. The van der Waals surface area contributed by atoms with Crippen LogP contribution in [0.1, 0.15) is 5.69 Å². The first-order chi connectivity index (χ1) is 8.42. The lowest BCUT2D eigenvalue weighted by Crippen LogP contribution is -2.01. The molecular weight excluding hydrogens is 220 g/mol. The smallest absolute Gasteiger partial charge is 0.318 e. The van der Waals surface area contributed by atoms with Gasteiger partial charge in [0.25, 0.3) is 0 Å². The Labute approximate surface area is 96.0 Å². The van der Waals surface area contributed by atoms with Gasteiger partial charge >= 0.3 is 6.01 Å². The molecule has 0 spiro atoms. The number of nitrogens with one attached hydrogen (secondary N) is 1. The van der Waals surface area contributed by atoms with Crippen molar-refractivity contribution in [2.45, 2.75) is 6.61 Å². The van der Waals surface area contributed by atoms with Crippen molar-refractivity contribution in [3.63, 3.8) is 0 Å². The minimum Gasteiger partial charge on any atom is -0.457 e. The summed E-state index contributed by atoms with van der Waals surface area (Å²) in [5.74, 6) is 0. The molecule has 0 aliphatic carbocycles. The van der Waals surface area contributed by atoms with Crippen molar-refractivity contribution in [1.29, 1.82) is 0 Å². The normalized spacial score (nSPS) is 10.6. The summed E-state index contributed by atoms with van der Waals surface area (Å²) in [6, 6.07) is 0.273. The number of hydrogen-bond acceptors (Lipinski definition) is 6. The summed E-state index contributed by atoms with van der Waals surface area (Å²) in [4.78, 5) is 23.1. The van der Waals surface area contributed by atoms with E-state index in [-0.39, 0.29) is 12.6 Å². The molecule has 7 nitrogen and oxygen atoms in total.